The largest absolute Gasteiger partial charge is 0.457 e. The molecule has 3 aromatic carbocycles. The molecule has 2 N–H and O–H groups in total. The Balaban J connectivity index is 1.25. The van der Waals surface area contributed by atoms with Crippen molar-refractivity contribution in [2.45, 2.75) is 13.1 Å². The lowest BCUT2D eigenvalue weighted by Crippen LogP contribution is -2.17. The maximum atomic E-state index is 14.2. The quantitative estimate of drug-likeness (QED) is 0.324. The highest BCUT2D eigenvalue weighted by Crippen LogP contribution is 2.30. The highest BCUT2D eigenvalue weighted by atomic mass is 19.1. The van der Waals surface area contributed by atoms with Gasteiger partial charge in [-0.3, -0.25) is 0 Å². The third-order valence-electron chi connectivity index (χ3n) is 5.07. The third-order valence-corrected chi connectivity index (χ3v) is 5.07. The van der Waals surface area contributed by atoms with Gasteiger partial charge in [0.1, 0.15) is 28.8 Å². The van der Waals surface area contributed by atoms with Gasteiger partial charge in [0.2, 0.25) is 0 Å². The molecule has 0 bridgehead atoms. The van der Waals surface area contributed by atoms with Crippen molar-refractivity contribution in [3.05, 3.63) is 126 Å². The Morgan fingerprint density at radius 2 is 1.03 bits per heavy atom. The Hall–Kier alpha value is -5.33. The zero-order valence-corrected chi connectivity index (χ0v) is 18.8. The molecule has 13 heteroatoms. The van der Waals surface area contributed by atoms with Gasteiger partial charge in [0, 0.05) is 18.2 Å². The predicted molar refractivity (Wildman–Crippen MR) is 125 cm³/mol. The number of H-pyrrole nitrogens is 2. The first-order valence-corrected chi connectivity index (χ1v) is 10.8. The number of halogens is 1. The summed E-state index contributed by atoms with van der Waals surface area (Å²) in [7, 11) is 0. The lowest BCUT2D eigenvalue weighted by molar-refractivity contribution is 0.258. The number of ether oxygens (including phenoxy) is 2. The van der Waals surface area contributed by atoms with Gasteiger partial charge in [-0.15, -0.1) is 9.48 Å². The summed E-state index contributed by atoms with van der Waals surface area (Å²) in [5, 5.41) is 0. The highest BCUT2D eigenvalue weighted by molar-refractivity contribution is 5.40. The average molecular weight is 508 g/mol. The van der Waals surface area contributed by atoms with E-state index in [1.807, 2.05) is 9.97 Å². The molecule has 0 aliphatic carbocycles. The molecule has 0 radical (unpaired) electrons. The Morgan fingerprint density at radius 3 is 1.38 bits per heavy atom. The third kappa shape index (κ3) is 5.67. The molecule has 0 aliphatic heterocycles. The minimum atomic E-state index is -0.839. The van der Waals surface area contributed by atoms with Crippen molar-refractivity contribution >= 4 is 0 Å². The second kappa shape index (κ2) is 9.73. The molecule has 5 aromatic rings. The molecular formula is C24H17FN4O8. The molecule has 0 atom stereocenters. The van der Waals surface area contributed by atoms with Crippen LogP contribution in [-0.4, -0.2) is 19.4 Å². The molecule has 0 fully saturated rings. The number of nitrogens with one attached hydrogen (secondary N) is 2. The fourth-order valence-corrected chi connectivity index (χ4v) is 3.42. The van der Waals surface area contributed by atoms with E-state index in [4.69, 9.17) is 18.5 Å². The summed E-state index contributed by atoms with van der Waals surface area (Å²) in [5.74, 6) is -1.08. The van der Waals surface area contributed by atoms with Gasteiger partial charge in [-0.1, -0.05) is 24.3 Å². The standard InChI is InChI=1S/C24H17FN4O8/c25-16-9-19(34-17-5-1-14(2-6-17)12-28-21(30)26-23(32)36-28)11-20(10-16)35-18-7-3-15(4-8-18)13-29-22(31)27-24(33)37-29/h1-11H,12-13H2,(H,26,30,32)(H,27,31,33). The van der Waals surface area contributed by atoms with E-state index in [1.54, 1.807) is 48.5 Å². The Bertz CT molecular complexity index is 1640. The summed E-state index contributed by atoms with van der Waals surface area (Å²) < 4.78 is 36.9. The first-order valence-electron chi connectivity index (χ1n) is 10.8. The van der Waals surface area contributed by atoms with Crippen molar-refractivity contribution in [2.24, 2.45) is 0 Å². The number of hydrogen-bond acceptors (Lipinski definition) is 8. The molecule has 2 aromatic heterocycles. The van der Waals surface area contributed by atoms with E-state index >= 15 is 0 Å². The summed E-state index contributed by atoms with van der Waals surface area (Å²) in [6.07, 6.45) is 0. The van der Waals surface area contributed by atoms with Crippen LogP contribution >= 0.6 is 0 Å². The van der Waals surface area contributed by atoms with Crippen molar-refractivity contribution in [3.63, 3.8) is 0 Å². The SMILES string of the molecule is O=c1[nH]c(=O)n(Cc2ccc(Oc3cc(F)cc(Oc4ccc(Cn5oc(=O)[nH]c5=O)cc4)c3)cc2)o1. The van der Waals surface area contributed by atoms with Crippen molar-refractivity contribution in [1.29, 1.82) is 0 Å². The van der Waals surface area contributed by atoms with Gasteiger partial charge in [-0.25, -0.2) is 33.5 Å². The van der Waals surface area contributed by atoms with Crippen LogP contribution < -0.4 is 32.4 Å². The van der Waals surface area contributed by atoms with Gasteiger partial charge >= 0.3 is 22.9 Å². The van der Waals surface area contributed by atoms with Crippen LogP contribution in [0, 0.1) is 5.82 Å². The van der Waals surface area contributed by atoms with E-state index in [1.165, 1.54) is 18.2 Å². The van der Waals surface area contributed by atoms with Crippen LogP contribution in [0.3, 0.4) is 0 Å². The average Bonchev–Trinajstić information content (AvgIpc) is 3.34. The fourth-order valence-electron chi connectivity index (χ4n) is 3.42. The summed E-state index contributed by atoms with van der Waals surface area (Å²) in [6, 6.07) is 17.0. The van der Waals surface area contributed by atoms with Crippen LogP contribution in [0.5, 0.6) is 23.0 Å². The lowest BCUT2D eigenvalue weighted by Gasteiger charge is -2.11. The van der Waals surface area contributed by atoms with E-state index < -0.39 is 28.7 Å². The van der Waals surface area contributed by atoms with E-state index in [0.717, 1.165) is 9.48 Å². The second-order valence-electron chi connectivity index (χ2n) is 7.81. The summed E-state index contributed by atoms with van der Waals surface area (Å²) in [6.45, 7) is 0.0932. The zero-order valence-electron chi connectivity index (χ0n) is 18.8. The van der Waals surface area contributed by atoms with E-state index in [0.29, 0.717) is 22.6 Å². The monoisotopic (exact) mass is 508 g/mol. The van der Waals surface area contributed by atoms with Crippen LogP contribution in [0.4, 0.5) is 4.39 Å². The van der Waals surface area contributed by atoms with E-state index in [2.05, 4.69) is 0 Å². The molecule has 0 saturated heterocycles. The van der Waals surface area contributed by atoms with Crippen molar-refractivity contribution in [1.82, 2.24) is 19.4 Å². The maximum absolute atomic E-state index is 14.2. The predicted octanol–water partition coefficient (Wildman–Crippen LogP) is 2.39. The zero-order chi connectivity index (χ0) is 25.9. The van der Waals surface area contributed by atoms with Gasteiger partial charge in [-0.2, -0.15) is 0 Å². The Morgan fingerprint density at radius 1 is 0.622 bits per heavy atom. The molecule has 0 spiro atoms. The van der Waals surface area contributed by atoms with E-state index in [-0.39, 0.29) is 24.6 Å². The molecule has 37 heavy (non-hydrogen) atoms. The number of aromatic amines is 2. The molecular weight excluding hydrogens is 491 g/mol. The molecule has 188 valence electrons. The number of aromatic nitrogens is 4. The second-order valence-corrected chi connectivity index (χ2v) is 7.81. The molecule has 5 rings (SSSR count). The van der Waals surface area contributed by atoms with Crippen LogP contribution in [0.25, 0.3) is 0 Å². The number of nitrogens with zero attached hydrogens (tertiary/aromatic N) is 2. The fraction of sp³-hybridized carbons (Fsp3) is 0.0833. The molecule has 0 saturated carbocycles. The molecule has 0 unspecified atom stereocenters. The molecule has 0 amide bonds. The summed E-state index contributed by atoms with van der Waals surface area (Å²) in [4.78, 5) is 49.3. The van der Waals surface area contributed by atoms with Crippen LogP contribution in [0.15, 0.2) is 95.0 Å². The first kappa shape index (κ1) is 23.4. The van der Waals surface area contributed by atoms with Crippen LogP contribution in [0.1, 0.15) is 11.1 Å². The normalized spacial score (nSPS) is 10.9. The van der Waals surface area contributed by atoms with E-state index in [9.17, 15) is 23.6 Å². The Kier molecular flexibility index (Phi) is 6.16. The van der Waals surface area contributed by atoms with Crippen molar-refractivity contribution < 1.29 is 22.9 Å². The molecule has 2 heterocycles. The smallest absolute Gasteiger partial charge is 0.440 e. The number of hydrogen-bond donors (Lipinski definition) is 2. The maximum Gasteiger partial charge on any atom is 0.440 e. The van der Waals surface area contributed by atoms with Crippen LogP contribution in [0.2, 0.25) is 0 Å². The van der Waals surface area contributed by atoms with Crippen LogP contribution in [-0.2, 0) is 13.1 Å². The molecule has 0 aliphatic rings. The topological polar surface area (TPSA) is 154 Å². The lowest BCUT2D eigenvalue weighted by atomic mass is 10.2. The number of rotatable bonds is 8. The summed E-state index contributed by atoms with van der Waals surface area (Å²) in [5.41, 5.74) is 0.0355. The first-order chi connectivity index (χ1) is 17.8. The summed E-state index contributed by atoms with van der Waals surface area (Å²) >= 11 is 0. The minimum Gasteiger partial charge on any atom is -0.457 e. The van der Waals surface area contributed by atoms with Crippen molar-refractivity contribution in [2.75, 3.05) is 0 Å². The van der Waals surface area contributed by atoms with Gasteiger partial charge in [0.25, 0.3) is 0 Å². The van der Waals surface area contributed by atoms with Gasteiger partial charge < -0.3 is 18.5 Å². The van der Waals surface area contributed by atoms with Crippen molar-refractivity contribution in [3.8, 4) is 23.0 Å². The highest BCUT2D eigenvalue weighted by Gasteiger charge is 2.09. The van der Waals surface area contributed by atoms with Gasteiger partial charge in [0.15, 0.2) is 0 Å². The number of benzene rings is 3. The minimum absolute atomic E-state index is 0.0466. The molecule has 12 nitrogen and oxygen atoms in total. The van der Waals surface area contributed by atoms with Gasteiger partial charge in [-0.05, 0) is 35.4 Å². The Labute approximate surface area is 204 Å². The van der Waals surface area contributed by atoms with Gasteiger partial charge in [0.05, 0.1) is 13.1 Å².